The summed E-state index contributed by atoms with van der Waals surface area (Å²) in [6.45, 7) is 0. The molecular weight excluding hydrogens is 317 g/mol. The summed E-state index contributed by atoms with van der Waals surface area (Å²) in [5, 5.41) is 2.89. The Hall–Kier alpha value is -1.72. The van der Waals surface area contributed by atoms with Crippen molar-refractivity contribution in [1.82, 2.24) is 5.32 Å². The maximum absolute atomic E-state index is 13.2. The Balaban J connectivity index is 1.75. The highest BCUT2D eigenvalue weighted by atomic mass is 19.4. The number of anilines is 1. The first-order valence-corrected chi connectivity index (χ1v) is 8.61. The zero-order chi connectivity index (χ0) is 17.3. The number of rotatable bonds is 2. The van der Waals surface area contributed by atoms with E-state index in [-0.39, 0.29) is 12.5 Å². The highest BCUT2D eigenvalue weighted by Gasteiger charge is 2.48. The molecule has 6 heteroatoms. The summed E-state index contributed by atoms with van der Waals surface area (Å²) < 4.78 is 39.7. The molecule has 3 N–H and O–H groups in total. The number of hydrogen-bond acceptors (Lipinski definition) is 2. The molecule has 0 heterocycles. The SMILES string of the molecule is Nc1ccc2c(c1)CCCC2NC(=O)C1CCCCC1C(F)(F)F. The molecule has 1 fully saturated rings. The van der Waals surface area contributed by atoms with Crippen LogP contribution in [0.5, 0.6) is 0 Å². The lowest BCUT2D eigenvalue weighted by Gasteiger charge is -2.34. The molecule has 0 aromatic heterocycles. The van der Waals surface area contributed by atoms with Gasteiger partial charge < -0.3 is 11.1 Å². The fraction of sp³-hybridized carbons (Fsp3) is 0.611. The number of carbonyl (C=O) groups is 1. The van der Waals surface area contributed by atoms with Crippen molar-refractivity contribution in [3.63, 3.8) is 0 Å². The molecule has 24 heavy (non-hydrogen) atoms. The molecular formula is C18H23F3N2O. The summed E-state index contributed by atoms with van der Waals surface area (Å²) in [6, 6.07) is 5.35. The van der Waals surface area contributed by atoms with Gasteiger partial charge in [-0.05, 0) is 55.4 Å². The number of nitrogens with one attached hydrogen (secondary N) is 1. The number of aryl methyl sites for hydroxylation is 1. The summed E-state index contributed by atoms with van der Waals surface area (Å²) in [5.74, 6) is -2.93. The van der Waals surface area contributed by atoms with E-state index in [0.29, 0.717) is 24.9 Å². The Bertz CT molecular complexity index is 615. The second kappa shape index (κ2) is 6.65. The standard InChI is InChI=1S/C18H23F3N2O/c19-18(20,21)15-6-2-1-5-14(15)17(24)23-16-7-3-4-11-10-12(22)8-9-13(11)16/h8-10,14-16H,1-7,22H2,(H,23,24). The predicted octanol–water partition coefficient (Wildman–Crippen LogP) is 4.13. The van der Waals surface area contributed by atoms with Crippen molar-refractivity contribution < 1.29 is 18.0 Å². The first-order chi connectivity index (χ1) is 11.4. The first kappa shape index (κ1) is 17.1. The van der Waals surface area contributed by atoms with Gasteiger partial charge in [-0.25, -0.2) is 0 Å². The molecule has 3 atom stereocenters. The van der Waals surface area contributed by atoms with Gasteiger partial charge in [-0.15, -0.1) is 0 Å². The van der Waals surface area contributed by atoms with Crippen LogP contribution in [0.4, 0.5) is 18.9 Å². The van der Waals surface area contributed by atoms with Gasteiger partial charge in [0.05, 0.1) is 12.0 Å². The van der Waals surface area contributed by atoms with Gasteiger partial charge in [0.2, 0.25) is 5.91 Å². The lowest BCUT2D eigenvalue weighted by molar-refractivity contribution is -0.198. The molecule has 0 saturated heterocycles. The van der Waals surface area contributed by atoms with Gasteiger partial charge in [0.15, 0.2) is 0 Å². The van der Waals surface area contributed by atoms with E-state index in [0.717, 1.165) is 30.4 Å². The fourth-order valence-corrected chi connectivity index (χ4v) is 4.10. The Kier molecular flexibility index (Phi) is 4.74. The Morgan fingerprint density at radius 1 is 1.12 bits per heavy atom. The van der Waals surface area contributed by atoms with E-state index in [1.807, 2.05) is 12.1 Å². The predicted molar refractivity (Wildman–Crippen MR) is 86.2 cm³/mol. The Morgan fingerprint density at radius 3 is 2.62 bits per heavy atom. The van der Waals surface area contributed by atoms with Crippen LogP contribution in [-0.2, 0) is 11.2 Å². The molecule has 0 radical (unpaired) electrons. The molecule has 0 spiro atoms. The van der Waals surface area contributed by atoms with Crippen molar-refractivity contribution in [2.24, 2.45) is 11.8 Å². The van der Waals surface area contributed by atoms with Crippen molar-refractivity contribution >= 4 is 11.6 Å². The number of alkyl halides is 3. The molecule has 3 rings (SSSR count). The maximum atomic E-state index is 13.2. The van der Waals surface area contributed by atoms with Crippen LogP contribution in [0.15, 0.2) is 18.2 Å². The van der Waals surface area contributed by atoms with Gasteiger partial charge in [0, 0.05) is 11.6 Å². The number of nitrogens with two attached hydrogens (primary N) is 1. The molecule has 2 aliphatic carbocycles. The summed E-state index contributed by atoms with van der Waals surface area (Å²) in [7, 11) is 0. The smallest absolute Gasteiger partial charge is 0.392 e. The fourth-order valence-electron chi connectivity index (χ4n) is 4.10. The number of hydrogen-bond donors (Lipinski definition) is 2. The van der Waals surface area contributed by atoms with Crippen molar-refractivity contribution in [1.29, 1.82) is 0 Å². The topological polar surface area (TPSA) is 55.1 Å². The van der Waals surface area contributed by atoms with Crippen LogP contribution in [-0.4, -0.2) is 12.1 Å². The quantitative estimate of drug-likeness (QED) is 0.795. The van der Waals surface area contributed by atoms with Crippen LogP contribution in [0.2, 0.25) is 0 Å². The summed E-state index contributed by atoms with van der Waals surface area (Å²) in [6.07, 6.45) is -0.165. The van der Waals surface area contributed by atoms with Gasteiger partial charge >= 0.3 is 6.18 Å². The van der Waals surface area contributed by atoms with E-state index in [2.05, 4.69) is 5.32 Å². The molecule has 132 valence electrons. The molecule has 1 aromatic rings. The number of amides is 1. The minimum absolute atomic E-state index is 0.0549. The third-order valence-electron chi connectivity index (χ3n) is 5.32. The normalized spacial score (nSPS) is 27.4. The summed E-state index contributed by atoms with van der Waals surface area (Å²) in [5.41, 5.74) is 8.55. The van der Waals surface area contributed by atoms with Crippen LogP contribution in [0.3, 0.4) is 0 Å². The molecule has 3 nitrogen and oxygen atoms in total. The van der Waals surface area contributed by atoms with Crippen LogP contribution in [0.25, 0.3) is 0 Å². The summed E-state index contributed by atoms with van der Waals surface area (Å²) >= 11 is 0. The molecule has 0 aliphatic heterocycles. The van der Waals surface area contributed by atoms with E-state index in [1.165, 1.54) is 0 Å². The van der Waals surface area contributed by atoms with Crippen LogP contribution in [0, 0.1) is 11.8 Å². The number of nitrogen functional groups attached to an aromatic ring is 1. The number of fused-ring (bicyclic) bond motifs is 1. The monoisotopic (exact) mass is 340 g/mol. The van der Waals surface area contributed by atoms with Crippen molar-refractivity contribution in [2.75, 3.05) is 5.73 Å². The first-order valence-electron chi connectivity index (χ1n) is 8.61. The van der Waals surface area contributed by atoms with Gasteiger partial charge in [0.25, 0.3) is 0 Å². The minimum Gasteiger partial charge on any atom is -0.399 e. The molecule has 2 aliphatic rings. The zero-order valence-electron chi connectivity index (χ0n) is 13.5. The number of benzene rings is 1. The Labute approximate surface area is 139 Å². The third-order valence-corrected chi connectivity index (χ3v) is 5.32. The van der Waals surface area contributed by atoms with Crippen LogP contribution >= 0.6 is 0 Å². The second-order valence-corrected chi connectivity index (χ2v) is 6.95. The largest absolute Gasteiger partial charge is 0.399 e. The second-order valence-electron chi connectivity index (χ2n) is 6.95. The molecule has 0 bridgehead atoms. The molecule has 3 unspecified atom stereocenters. The van der Waals surface area contributed by atoms with E-state index in [1.54, 1.807) is 6.07 Å². The molecule has 1 aromatic carbocycles. The van der Waals surface area contributed by atoms with E-state index in [9.17, 15) is 18.0 Å². The Morgan fingerprint density at radius 2 is 1.88 bits per heavy atom. The maximum Gasteiger partial charge on any atom is 0.392 e. The lowest BCUT2D eigenvalue weighted by atomic mass is 9.77. The van der Waals surface area contributed by atoms with Gasteiger partial charge in [-0.3, -0.25) is 4.79 Å². The van der Waals surface area contributed by atoms with Gasteiger partial charge in [0.1, 0.15) is 0 Å². The highest BCUT2D eigenvalue weighted by molar-refractivity contribution is 5.79. The van der Waals surface area contributed by atoms with E-state index < -0.39 is 23.9 Å². The highest BCUT2D eigenvalue weighted by Crippen LogP contribution is 2.42. The number of halogens is 3. The zero-order valence-corrected chi connectivity index (χ0v) is 13.5. The van der Waals surface area contributed by atoms with Crippen molar-refractivity contribution in [3.05, 3.63) is 29.3 Å². The summed E-state index contributed by atoms with van der Waals surface area (Å²) in [4.78, 5) is 12.6. The van der Waals surface area contributed by atoms with Gasteiger partial charge in [-0.2, -0.15) is 13.2 Å². The van der Waals surface area contributed by atoms with E-state index in [4.69, 9.17) is 5.73 Å². The van der Waals surface area contributed by atoms with Gasteiger partial charge in [-0.1, -0.05) is 18.9 Å². The molecule has 1 amide bonds. The average molecular weight is 340 g/mol. The molecule has 1 saturated carbocycles. The third kappa shape index (κ3) is 3.52. The van der Waals surface area contributed by atoms with Crippen molar-refractivity contribution in [3.8, 4) is 0 Å². The van der Waals surface area contributed by atoms with Crippen LogP contribution < -0.4 is 11.1 Å². The minimum atomic E-state index is -4.30. The average Bonchev–Trinajstić information content (AvgIpc) is 2.54. The lowest BCUT2D eigenvalue weighted by Crippen LogP contribution is -2.44. The van der Waals surface area contributed by atoms with Crippen LogP contribution in [0.1, 0.15) is 55.7 Å². The van der Waals surface area contributed by atoms with Crippen molar-refractivity contribution in [2.45, 2.75) is 57.2 Å². The number of carbonyl (C=O) groups excluding carboxylic acids is 1. The van der Waals surface area contributed by atoms with E-state index >= 15 is 0 Å².